The van der Waals surface area contributed by atoms with Gasteiger partial charge in [0.25, 0.3) is 0 Å². The fourth-order valence-corrected chi connectivity index (χ4v) is 5.16. The summed E-state index contributed by atoms with van der Waals surface area (Å²) in [6, 6.07) is 16.6. The largest absolute Gasteiger partial charge is 0.495 e. The van der Waals surface area contributed by atoms with Gasteiger partial charge in [-0.2, -0.15) is 4.72 Å². The molecular weight excluding hydrogens is 495 g/mol. The third-order valence-electron chi connectivity index (χ3n) is 4.44. The van der Waals surface area contributed by atoms with Gasteiger partial charge < -0.3 is 10.1 Å². The topological polar surface area (TPSA) is 84.5 Å². The predicted molar refractivity (Wildman–Crippen MR) is 127 cm³/mol. The van der Waals surface area contributed by atoms with Crippen molar-refractivity contribution < 1.29 is 17.9 Å². The second-order valence-corrected chi connectivity index (χ2v) is 9.80. The van der Waals surface area contributed by atoms with Gasteiger partial charge in [-0.1, -0.05) is 65.1 Å². The van der Waals surface area contributed by atoms with Crippen molar-refractivity contribution in [3.05, 3.63) is 87.4 Å². The zero-order chi connectivity index (χ0) is 23.3. The van der Waals surface area contributed by atoms with Gasteiger partial charge in [0.2, 0.25) is 15.9 Å². The van der Waals surface area contributed by atoms with Crippen LogP contribution in [0.15, 0.2) is 71.6 Å². The highest BCUT2D eigenvalue weighted by atomic mass is 35.5. The molecule has 0 bridgehead atoms. The maximum absolute atomic E-state index is 13.2. The number of hydrogen-bond acceptors (Lipinski definition) is 4. The molecule has 0 heterocycles. The van der Waals surface area contributed by atoms with E-state index in [2.05, 4.69) is 10.0 Å². The Labute approximate surface area is 201 Å². The highest BCUT2D eigenvalue weighted by Crippen LogP contribution is 2.28. The molecule has 1 unspecified atom stereocenters. The summed E-state index contributed by atoms with van der Waals surface area (Å²) >= 11 is 18.0. The van der Waals surface area contributed by atoms with Gasteiger partial charge in [0.1, 0.15) is 16.7 Å². The van der Waals surface area contributed by atoms with Crippen LogP contribution in [0.25, 0.3) is 0 Å². The molecule has 0 radical (unpaired) electrons. The van der Waals surface area contributed by atoms with Crippen LogP contribution in [0, 0.1) is 0 Å². The number of anilines is 1. The monoisotopic (exact) mass is 512 g/mol. The van der Waals surface area contributed by atoms with Gasteiger partial charge in [-0.25, -0.2) is 8.42 Å². The summed E-state index contributed by atoms with van der Waals surface area (Å²) in [4.78, 5) is 12.9. The standard InChI is InChI=1S/C22H19Cl3N2O4S/c1-31-20-8-7-15(23)13-21(20)32(29,30)27-19(9-14-5-3-2-4-6-14)22(28)26-18-11-16(24)10-17(25)12-18/h2-8,10-13,19,27H,9H2,1H3,(H,26,28). The van der Waals surface area contributed by atoms with Gasteiger partial charge >= 0.3 is 0 Å². The van der Waals surface area contributed by atoms with E-state index in [-0.39, 0.29) is 22.1 Å². The number of methoxy groups -OCH3 is 1. The number of halogens is 3. The van der Waals surface area contributed by atoms with Crippen molar-refractivity contribution in [1.29, 1.82) is 0 Å². The van der Waals surface area contributed by atoms with E-state index in [1.54, 1.807) is 24.3 Å². The maximum atomic E-state index is 13.2. The molecule has 0 fully saturated rings. The molecule has 168 valence electrons. The van der Waals surface area contributed by atoms with Gasteiger partial charge in [-0.05, 0) is 48.4 Å². The Morgan fingerprint density at radius 1 is 0.938 bits per heavy atom. The Morgan fingerprint density at radius 3 is 2.22 bits per heavy atom. The molecule has 32 heavy (non-hydrogen) atoms. The Balaban J connectivity index is 1.93. The number of nitrogens with one attached hydrogen (secondary N) is 2. The molecule has 1 amide bonds. The number of ether oxygens (including phenoxy) is 1. The first-order valence-electron chi connectivity index (χ1n) is 9.34. The lowest BCUT2D eigenvalue weighted by Gasteiger charge is -2.20. The summed E-state index contributed by atoms with van der Waals surface area (Å²) in [6.45, 7) is 0. The van der Waals surface area contributed by atoms with E-state index < -0.39 is 22.0 Å². The third-order valence-corrected chi connectivity index (χ3v) is 6.61. The number of carbonyl (C=O) groups excluding carboxylic acids is 1. The SMILES string of the molecule is COc1ccc(Cl)cc1S(=O)(=O)NC(Cc1ccccc1)C(=O)Nc1cc(Cl)cc(Cl)c1. The van der Waals surface area contributed by atoms with Crippen molar-refractivity contribution in [2.24, 2.45) is 0 Å². The number of amides is 1. The third kappa shape index (κ3) is 6.37. The summed E-state index contributed by atoms with van der Waals surface area (Å²) in [5, 5.41) is 3.54. The van der Waals surface area contributed by atoms with Crippen molar-refractivity contribution in [3.63, 3.8) is 0 Å². The molecule has 0 aromatic heterocycles. The van der Waals surface area contributed by atoms with Gasteiger partial charge in [0.15, 0.2) is 0 Å². The summed E-state index contributed by atoms with van der Waals surface area (Å²) in [6.07, 6.45) is 0.100. The zero-order valence-corrected chi connectivity index (χ0v) is 19.9. The maximum Gasteiger partial charge on any atom is 0.245 e. The molecular formula is C22H19Cl3N2O4S. The second kappa shape index (κ2) is 10.6. The Kier molecular flexibility index (Phi) is 8.03. The molecule has 0 saturated heterocycles. The number of carbonyl (C=O) groups is 1. The predicted octanol–water partition coefficient (Wildman–Crippen LogP) is 5.18. The lowest BCUT2D eigenvalue weighted by molar-refractivity contribution is -0.117. The molecule has 1 atom stereocenters. The molecule has 3 rings (SSSR count). The van der Waals surface area contributed by atoms with E-state index in [9.17, 15) is 13.2 Å². The van der Waals surface area contributed by atoms with Crippen LogP contribution in [0.2, 0.25) is 15.1 Å². The zero-order valence-electron chi connectivity index (χ0n) is 16.8. The van der Waals surface area contributed by atoms with Gasteiger partial charge in [-0.3, -0.25) is 4.79 Å². The quantitative estimate of drug-likeness (QED) is 0.434. The minimum absolute atomic E-state index is 0.0994. The summed E-state index contributed by atoms with van der Waals surface area (Å²) in [5.74, 6) is -0.487. The first-order chi connectivity index (χ1) is 15.2. The average Bonchev–Trinajstić information content (AvgIpc) is 2.73. The minimum atomic E-state index is -4.17. The van der Waals surface area contributed by atoms with E-state index in [0.29, 0.717) is 15.7 Å². The van der Waals surface area contributed by atoms with E-state index in [1.165, 1.54) is 43.5 Å². The fourth-order valence-electron chi connectivity index (χ4n) is 3.00. The van der Waals surface area contributed by atoms with Crippen molar-refractivity contribution in [2.75, 3.05) is 12.4 Å². The molecule has 10 heteroatoms. The van der Waals surface area contributed by atoms with Crippen LogP contribution in [0.1, 0.15) is 5.56 Å². The molecule has 3 aromatic rings. The van der Waals surface area contributed by atoms with E-state index >= 15 is 0 Å². The molecule has 0 spiro atoms. The van der Waals surface area contributed by atoms with Crippen LogP contribution in [-0.4, -0.2) is 27.5 Å². The first kappa shape index (κ1) is 24.4. The number of benzene rings is 3. The number of rotatable bonds is 8. The van der Waals surface area contributed by atoms with Crippen LogP contribution in [-0.2, 0) is 21.2 Å². The van der Waals surface area contributed by atoms with Crippen molar-refractivity contribution >= 4 is 56.4 Å². The molecule has 0 aliphatic rings. The highest BCUT2D eigenvalue weighted by molar-refractivity contribution is 7.89. The summed E-state index contributed by atoms with van der Waals surface area (Å²) in [5.41, 5.74) is 1.10. The number of hydrogen-bond donors (Lipinski definition) is 2. The average molecular weight is 514 g/mol. The van der Waals surface area contributed by atoms with Gasteiger partial charge in [0.05, 0.1) is 7.11 Å². The molecule has 0 saturated carbocycles. The van der Waals surface area contributed by atoms with Crippen LogP contribution in [0.3, 0.4) is 0 Å². The second-order valence-electron chi connectivity index (χ2n) is 6.81. The summed E-state index contributed by atoms with van der Waals surface area (Å²) in [7, 11) is -2.82. The lowest BCUT2D eigenvalue weighted by Crippen LogP contribution is -2.45. The van der Waals surface area contributed by atoms with Gasteiger partial charge in [-0.15, -0.1) is 0 Å². The van der Waals surface area contributed by atoms with Crippen LogP contribution >= 0.6 is 34.8 Å². The van der Waals surface area contributed by atoms with Crippen LogP contribution in [0.4, 0.5) is 5.69 Å². The van der Waals surface area contributed by atoms with E-state index in [0.717, 1.165) is 5.56 Å². The van der Waals surface area contributed by atoms with E-state index in [4.69, 9.17) is 39.5 Å². The van der Waals surface area contributed by atoms with Crippen molar-refractivity contribution in [2.45, 2.75) is 17.4 Å². The molecule has 3 aromatic carbocycles. The van der Waals surface area contributed by atoms with E-state index in [1.807, 2.05) is 6.07 Å². The van der Waals surface area contributed by atoms with Crippen molar-refractivity contribution in [1.82, 2.24) is 4.72 Å². The molecule has 0 aliphatic heterocycles. The minimum Gasteiger partial charge on any atom is -0.495 e. The Bertz CT molecular complexity index is 1200. The summed E-state index contributed by atoms with van der Waals surface area (Å²) < 4.78 is 33.9. The Morgan fingerprint density at radius 2 is 1.59 bits per heavy atom. The smallest absolute Gasteiger partial charge is 0.245 e. The van der Waals surface area contributed by atoms with Gasteiger partial charge in [0, 0.05) is 20.8 Å². The first-order valence-corrected chi connectivity index (χ1v) is 12.0. The highest BCUT2D eigenvalue weighted by Gasteiger charge is 2.28. The van der Waals surface area contributed by atoms with Crippen LogP contribution in [0.5, 0.6) is 5.75 Å². The fraction of sp³-hybridized carbons (Fsp3) is 0.136. The number of sulfonamides is 1. The lowest BCUT2D eigenvalue weighted by atomic mass is 10.1. The molecule has 6 nitrogen and oxygen atoms in total. The van der Waals surface area contributed by atoms with Crippen molar-refractivity contribution in [3.8, 4) is 5.75 Å². The molecule has 0 aliphatic carbocycles. The van der Waals surface area contributed by atoms with Crippen LogP contribution < -0.4 is 14.8 Å². The molecule has 2 N–H and O–H groups in total. The Hall–Kier alpha value is -2.29. The normalized spacial score (nSPS) is 12.2.